The number of nitrogens with one attached hydrogen (secondary N) is 1. The zero-order chi connectivity index (χ0) is 25.1. The van der Waals surface area contributed by atoms with Gasteiger partial charge < -0.3 is 15.8 Å². The van der Waals surface area contributed by atoms with Crippen molar-refractivity contribution in [2.45, 2.75) is 39.3 Å². The number of amides is 1. The Balaban J connectivity index is 1.40. The summed E-state index contributed by atoms with van der Waals surface area (Å²) < 4.78 is 8.06. The van der Waals surface area contributed by atoms with Crippen LogP contribution in [-0.2, 0) is 11.3 Å². The summed E-state index contributed by atoms with van der Waals surface area (Å²) in [6, 6.07) is 25.9. The third-order valence-corrected chi connectivity index (χ3v) is 6.48. The van der Waals surface area contributed by atoms with E-state index in [-0.39, 0.29) is 12.0 Å². The number of aryl methyl sites for hydroxylation is 2. The van der Waals surface area contributed by atoms with Gasteiger partial charge in [0.1, 0.15) is 11.8 Å². The molecule has 1 amide bonds. The number of hydrogen-bond acceptors (Lipinski definition) is 4. The molecule has 5 rings (SSSR count). The molecule has 184 valence electrons. The Kier molecular flexibility index (Phi) is 6.98. The molecule has 0 spiro atoms. The SMILES string of the molecule is Cc1ccc(C(OCC2CC2)c2cccc(NC(=O)c3cc(C)nn3-c3cccc(CN)c3)c2)cc1. The number of aromatic nitrogens is 2. The number of ether oxygens (including phenoxy) is 1. The lowest BCUT2D eigenvalue weighted by Gasteiger charge is -2.20. The van der Waals surface area contributed by atoms with Gasteiger partial charge in [0.15, 0.2) is 0 Å². The molecule has 1 aliphatic rings. The van der Waals surface area contributed by atoms with Gasteiger partial charge in [-0.3, -0.25) is 4.79 Å². The average molecular weight is 481 g/mol. The molecule has 6 heteroatoms. The molecule has 0 bridgehead atoms. The van der Waals surface area contributed by atoms with Crippen molar-refractivity contribution >= 4 is 11.6 Å². The monoisotopic (exact) mass is 480 g/mol. The maximum atomic E-state index is 13.4. The van der Waals surface area contributed by atoms with E-state index in [0.29, 0.717) is 23.8 Å². The van der Waals surface area contributed by atoms with Crippen LogP contribution in [0.15, 0.2) is 78.9 Å². The Morgan fingerprint density at radius 1 is 1.03 bits per heavy atom. The molecule has 1 unspecified atom stereocenters. The summed E-state index contributed by atoms with van der Waals surface area (Å²) in [4.78, 5) is 13.4. The van der Waals surface area contributed by atoms with Gasteiger partial charge in [0.25, 0.3) is 5.91 Å². The number of carbonyl (C=O) groups is 1. The highest BCUT2D eigenvalue weighted by Gasteiger charge is 2.25. The Morgan fingerprint density at radius 2 is 1.81 bits per heavy atom. The number of anilines is 1. The van der Waals surface area contributed by atoms with Gasteiger partial charge in [-0.2, -0.15) is 5.10 Å². The summed E-state index contributed by atoms with van der Waals surface area (Å²) in [7, 11) is 0. The maximum Gasteiger partial charge on any atom is 0.274 e. The lowest BCUT2D eigenvalue weighted by Crippen LogP contribution is -2.17. The molecule has 4 aromatic rings. The smallest absolute Gasteiger partial charge is 0.274 e. The second-order valence-electron chi connectivity index (χ2n) is 9.60. The number of hydrogen-bond donors (Lipinski definition) is 2. The molecule has 0 saturated heterocycles. The highest BCUT2D eigenvalue weighted by atomic mass is 16.5. The van der Waals surface area contributed by atoms with Gasteiger partial charge in [-0.1, -0.05) is 54.1 Å². The summed E-state index contributed by atoms with van der Waals surface area (Å²) in [5, 5.41) is 7.62. The van der Waals surface area contributed by atoms with E-state index in [4.69, 9.17) is 10.5 Å². The maximum absolute atomic E-state index is 13.4. The van der Waals surface area contributed by atoms with Crippen molar-refractivity contribution in [2.24, 2.45) is 11.7 Å². The summed E-state index contributed by atoms with van der Waals surface area (Å²) >= 11 is 0. The molecule has 1 aromatic heterocycles. The first-order valence-corrected chi connectivity index (χ1v) is 12.5. The first-order valence-electron chi connectivity index (χ1n) is 12.5. The summed E-state index contributed by atoms with van der Waals surface area (Å²) in [5.74, 6) is 0.429. The van der Waals surface area contributed by atoms with Crippen LogP contribution in [-0.4, -0.2) is 22.3 Å². The summed E-state index contributed by atoms with van der Waals surface area (Å²) in [6.45, 7) is 5.13. The first-order chi connectivity index (χ1) is 17.5. The molecule has 6 nitrogen and oxygen atoms in total. The Hall–Kier alpha value is -3.74. The predicted octanol–water partition coefficient (Wildman–Crippen LogP) is 5.72. The second-order valence-corrected chi connectivity index (χ2v) is 9.60. The van der Waals surface area contributed by atoms with Crippen molar-refractivity contribution in [3.63, 3.8) is 0 Å². The molecular formula is C30H32N4O2. The molecule has 1 saturated carbocycles. The van der Waals surface area contributed by atoms with Crippen molar-refractivity contribution in [3.8, 4) is 5.69 Å². The third-order valence-electron chi connectivity index (χ3n) is 6.48. The van der Waals surface area contributed by atoms with Crippen LogP contribution in [0.2, 0.25) is 0 Å². The number of rotatable bonds is 9. The molecule has 0 aliphatic heterocycles. The van der Waals surface area contributed by atoms with E-state index in [1.807, 2.05) is 49.4 Å². The Bertz CT molecular complexity index is 1360. The fraction of sp³-hybridized carbons (Fsp3) is 0.267. The van der Waals surface area contributed by atoms with Gasteiger partial charge >= 0.3 is 0 Å². The molecule has 1 aliphatic carbocycles. The molecule has 1 fully saturated rings. The van der Waals surface area contributed by atoms with Crippen molar-refractivity contribution in [3.05, 3.63) is 113 Å². The van der Waals surface area contributed by atoms with Crippen LogP contribution in [0.25, 0.3) is 5.69 Å². The lowest BCUT2D eigenvalue weighted by molar-refractivity contribution is 0.0718. The van der Waals surface area contributed by atoms with Gasteiger partial charge in [-0.05, 0) is 79.6 Å². The van der Waals surface area contributed by atoms with Crippen molar-refractivity contribution in [1.82, 2.24) is 9.78 Å². The summed E-state index contributed by atoms with van der Waals surface area (Å²) in [6.07, 6.45) is 2.28. The van der Waals surface area contributed by atoms with Gasteiger partial charge in [0.2, 0.25) is 0 Å². The normalized spacial score (nSPS) is 14.0. The van der Waals surface area contributed by atoms with Crippen LogP contribution in [0, 0.1) is 19.8 Å². The predicted molar refractivity (Wildman–Crippen MR) is 142 cm³/mol. The number of nitrogens with two attached hydrogens (primary N) is 1. The second kappa shape index (κ2) is 10.5. The summed E-state index contributed by atoms with van der Waals surface area (Å²) in [5.41, 5.74) is 12.9. The fourth-order valence-corrected chi connectivity index (χ4v) is 4.29. The van der Waals surface area contributed by atoms with Gasteiger partial charge in [-0.25, -0.2) is 4.68 Å². The quantitative estimate of drug-likeness (QED) is 0.321. The van der Waals surface area contributed by atoms with Crippen molar-refractivity contribution in [1.29, 1.82) is 0 Å². The molecule has 1 heterocycles. The van der Waals surface area contributed by atoms with E-state index in [1.54, 1.807) is 10.7 Å². The molecular weight excluding hydrogens is 448 g/mol. The van der Waals surface area contributed by atoms with E-state index in [2.05, 4.69) is 47.7 Å². The number of benzene rings is 3. The molecule has 0 radical (unpaired) electrons. The highest BCUT2D eigenvalue weighted by molar-refractivity contribution is 6.03. The number of carbonyl (C=O) groups excluding carboxylic acids is 1. The Labute approximate surface area is 212 Å². The average Bonchev–Trinajstić information content (AvgIpc) is 3.64. The molecule has 3 aromatic carbocycles. The lowest BCUT2D eigenvalue weighted by atomic mass is 9.99. The Morgan fingerprint density at radius 3 is 2.56 bits per heavy atom. The van der Waals surface area contributed by atoms with E-state index in [1.165, 1.54) is 18.4 Å². The van der Waals surface area contributed by atoms with Crippen LogP contribution in [0.3, 0.4) is 0 Å². The van der Waals surface area contributed by atoms with Crippen LogP contribution in [0.5, 0.6) is 0 Å². The largest absolute Gasteiger partial charge is 0.368 e. The minimum Gasteiger partial charge on any atom is -0.368 e. The fourth-order valence-electron chi connectivity index (χ4n) is 4.29. The van der Waals surface area contributed by atoms with Crippen LogP contribution in [0.4, 0.5) is 5.69 Å². The van der Waals surface area contributed by atoms with Crippen molar-refractivity contribution in [2.75, 3.05) is 11.9 Å². The van der Waals surface area contributed by atoms with Crippen LogP contribution < -0.4 is 11.1 Å². The van der Waals surface area contributed by atoms with E-state index in [0.717, 1.165) is 34.7 Å². The molecule has 36 heavy (non-hydrogen) atoms. The minimum atomic E-state index is -0.225. The van der Waals surface area contributed by atoms with Gasteiger partial charge in [-0.15, -0.1) is 0 Å². The van der Waals surface area contributed by atoms with E-state index >= 15 is 0 Å². The number of nitrogens with zero attached hydrogens (tertiary/aromatic N) is 2. The van der Waals surface area contributed by atoms with Crippen LogP contribution >= 0.6 is 0 Å². The minimum absolute atomic E-state index is 0.185. The first kappa shape index (κ1) is 24.0. The third kappa shape index (κ3) is 5.56. The molecule has 3 N–H and O–H groups in total. The zero-order valence-electron chi connectivity index (χ0n) is 20.8. The topological polar surface area (TPSA) is 82.2 Å². The van der Waals surface area contributed by atoms with E-state index < -0.39 is 0 Å². The van der Waals surface area contributed by atoms with Crippen LogP contribution in [0.1, 0.15) is 57.4 Å². The van der Waals surface area contributed by atoms with Gasteiger partial charge in [0.05, 0.1) is 18.0 Å². The standard InChI is InChI=1S/C30H32N4O2/c1-20-9-13-24(14-10-20)29(36-19-22-11-12-22)25-6-4-7-26(17-25)32-30(35)28-15-21(2)33-34(28)27-8-3-5-23(16-27)18-31/h3-10,13-17,22,29H,11-12,18-19,31H2,1-2H3,(H,32,35). The van der Waals surface area contributed by atoms with Gasteiger partial charge in [0, 0.05) is 12.2 Å². The van der Waals surface area contributed by atoms with E-state index in [9.17, 15) is 4.79 Å². The van der Waals surface area contributed by atoms with Crippen molar-refractivity contribution < 1.29 is 9.53 Å². The molecule has 1 atom stereocenters. The zero-order valence-corrected chi connectivity index (χ0v) is 20.8. The highest BCUT2D eigenvalue weighted by Crippen LogP contribution is 2.34.